The number of nitrogens with one attached hydrogen (secondary N) is 1. The van der Waals surface area contributed by atoms with Gasteiger partial charge in [0.05, 0.1) is 0 Å². The first-order chi connectivity index (χ1) is 18.3. The second-order valence-corrected chi connectivity index (χ2v) is 10.6. The summed E-state index contributed by atoms with van der Waals surface area (Å²) in [6.07, 6.45) is 26.6. The van der Waals surface area contributed by atoms with Gasteiger partial charge in [-0.05, 0) is 42.8 Å². The molecule has 0 saturated carbocycles. The molecule has 0 bridgehead atoms. The maximum absolute atomic E-state index is 12.2. The van der Waals surface area contributed by atoms with Crippen LogP contribution in [0.4, 0.5) is 5.69 Å². The van der Waals surface area contributed by atoms with E-state index in [1.54, 1.807) is 0 Å². The third-order valence-electron chi connectivity index (χ3n) is 7.12. The Morgan fingerprint density at radius 2 is 0.946 bits per heavy atom. The minimum atomic E-state index is 0.101. The number of benzene rings is 2. The molecular formula is C34H53NO2. The van der Waals surface area contributed by atoms with E-state index in [1.165, 1.54) is 109 Å². The zero-order valence-electron chi connectivity index (χ0n) is 23.7. The van der Waals surface area contributed by atoms with Gasteiger partial charge in [-0.25, -0.2) is 0 Å². The number of ether oxygens (including phenoxy) is 1. The first-order valence-electron chi connectivity index (χ1n) is 15.4. The first-order valence-corrected chi connectivity index (χ1v) is 15.4. The number of hydrogen-bond donors (Lipinski definition) is 1. The molecule has 0 aliphatic rings. The van der Waals surface area contributed by atoms with Crippen LogP contribution in [0.5, 0.6) is 11.5 Å². The van der Waals surface area contributed by atoms with Gasteiger partial charge in [0.1, 0.15) is 11.5 Å². The highest BCUT2D eigenvalue weighted by Gasteiger charge is 2.03. The van der Waals surface area contributed by atoms with Crippen molar-refractivity contribution in [2.45, 2.75) is 135 Å². The van der Waals surface area contributed by atoms with E-state index < -0.39 is 0 Å². The molecule has 1 amide bonds. The van der Waals surface area contributed by atoms with Crippen LogP contribution in [0, 0.1) is 0 Å². The predicted octanol–water partition coefficient (Wildman–Crippen LogP) is 11.2. The minimum absolute atomic E-state index is 0.101. The molecule has 0 aromatic heterocycles. The predicted molar refractivity (Wildman–Crippen MR) is 160 cm³/mol. The van der Waals surface area contributed by atoms with Crippen LogP contribution in [0.2, 0.25) is 0 Å². The zero-order valence-corrected chi connectivity index (χ0v) is 23.7. The molecular weight excluding hydrogens is 454 g/mol. The summed E-state index contributed by atoms with van der Waals surface area (Å²) >= 11 is 0. The van der Waals surface area contributed by atoms with Crippen molar-refractivity contribution in [2.24, 2.45) is 0 Å². The van der Waals surface area contributed by atoms with E-state index >= 15 is 0 Å². The number of amides is 1. The highest BCUT2D eigenvalue weighted by molar-refractivity contribution is 5.90. The van der Waals surface area contributed by atoms with Crippen molar-refractivity contribution in [3.63, 3.8) is 0 Å². The van der Waals surface area contributed by atoms with Crippen LogP contribution in [-0.4, -0.2) is 5.91 Å². The standard InChI is InChI=1S/C34H53NO2/c1-2-3-4-5-6-7-8-9-10-11-12-13-14-15-16-17-18-19-23-26-34(36)35-31-27-29-33(30-28-31)37-32-24-21-20-22-25-32/h20-22,24-25,27-30H,2-19,23,26H2,1H3,(H,35,36). The normalized spacial score (nSPS) is 10.9. The monoisotopic (exact) mass is 507 g/mol. The summed E-state index contributed by atoms with van der Waals surface area (Å²) in [5.41, 5.74) is 0.822. The Bertz CT molecular complexity index is 787. The van der Waals surface area contributed by atoms with E-state index in [4.69, 9.17) is 4.74 Å². The smallest absolute Gasteiger partial charge is 0.224 e. The van der Waals surface area contributed by atoms with Crippen molar-refractivity contribution in [1.82, 2.24) is 0 Å². The summed E-state index contributed by atoms with van der Waals surface area (Å²) in [7, 11) is 0. The van der Waals surface area contributed by atoms with Crippen LogP contribution in [0.15, 0.2) is 54.6 Å². The number of unbranched alkanes of at least 4 members (excludes halogenated alkanes) is 18. The highest BCUT2D eigenvalue weighted by atomic mass is 16.5. The number of carbonyl (C=O) groups is 1. The average Bonchev–Trinajstić information content (AvgIpc) is 2.92. The maximum Gasteiger partial charge on any atom is 0.224 e. The lowest BCUT2D eigenvalue weighted by molar-refractivity contribution is -0.116. The van der Waals surface area contributed by atoms with Gasteiger partial charge in [0.15, 0.2) is 0 Å². The molecule has 0 fully saturated rings. The number of hydrogen-bond acceptors (Lipinski definition) is 2. The molecule has 2 rings (SSSR count). The van der Waals surface area contributed by atoms with E-state index in [9.17, 15) is 4.79 Å². The summed E-state index contributed by atoms with van der Waals surface area (Å²) in [5, 5.41) is 3.00. The van der Waals surface area contributed by atoms with Crippen LogP contribution >= 0.6 is 0 Å². The van der Waals surface area contributed by atoms with Crippen LogP contribution in [-0.2, 0) is 4.79 Å². The van der Waals surface area contributed by atoms with Crippen LogP contribution in [0.3, 0.4) is 0 Å². The molecule has 0 aliphatic heterocycles. The van der Waals surface area contributed by atoms with Gasteiger partial charge in [-0.15, -0.1) is 0 Å². The molecule has 0 atom stereocenters. The molecule has 0 unspecified atom stereocenters. The van der Waals surface area contributed by atoms with E-state index in [0.29, 0.717) is 6.42 Å². The van der Waals surface area contributed by atoms with Gasteiger partial charge in [0, 0.05) is 12.1 Å². The molecule has 3 nitrogen and oxygen atoms in total. The van der Waals surface area contributed by atoms with Crippen molar-refractivity contribution in [3.05, 3.63) is 54.6 Å². The van der Waals surface area contributed by atoms with Crippen LogP contribution in [0.25, 0.3) is 0 Å². The number of anilines is 1. The molecule has 0 saturated heterocycles. The van der Waals surface area contributed by atoms with Gasteiger partial charge in [0.2, 0.25) is 5.91 Å². The molecule has 3 heteroatoms. The Kier molecular flexibility index (Phi) is 18.2. The largest absolute Gasteiger partial charge is 0.457 e. The highest BCUT2D eigenvalue weighted by Crippen LogP contribution is 2.23. The van der Waals surface area contributed by atoms with Crippen molar-refractivity contribution in [3.8, 4) is 11.5 Å². The summed E-state index contributed by atoms with van der Waals surface area (Å²) in [6, 6.07) is 17.3. The average molecular weight is 508 g/mol. The van der Waals surface area contributed by atoms with Gasteiger partial charge in [-0.2, -0.15) is 0 Å². The Morgan fingerprint density at radius 1 is 0.541 bits per heavy atom. The first kappa shape index (κ1) is 30.9. The van der Waals surface area contributed by atoms with Crippen molar-refractivity contribution in [1.29, 1.82) is 0 Å². The fraction of sp³-hybridized carbons (Fsp3) is 0.618. The summed E-state index contributed by atoms with van der Waals surface area (Å²) in [4.78, 5) is 12.2. The summed E-state index contributed by atoms with van der Waals surface area (Å²) < 4.78 is 5.80. The molecule has 37 heavy (non-hydrogen) atoms. The molecule has 0 spiro atoms. The van der Waals surface area contributed by atoms with Gasteiger partial charge in [-0.3, -0.25) is 4.79 Å². The Balaban J connectivity index is 1.33. The van der Waals surface area contributed by atoms with E-state index in [0.717, 1.165) is 30.0 Å². The van der Waals surface area contributed by atoms with E-state index in [-0.39, 0.29) is 5.91 Å². The summed E-state index contributed by atoms with van der Waals surface area (Å²) in [6.45, 7) is 2.29. The number of carbonyl (C=O) groups excluding carboxylic acids is 1. The van der Waals surface area contributed by atoms with Crippen LogP contribution < -0.4 is 10.1 Å². The second kappa shape index (κ2) is 21.8. The Hall–Kier alpha value is -2.29. The van der Waals surface area contributed by atoms with Gasteiger partial charge >= 0.3 is 0 Å². The molecule has 0 heterocycles. The molecule has 206 valence electrons. The number of rotatable bonds is 23. The molecule has 1 N–H and O–H groups in total. The lowest BCUT2D eigenvalue weighted by Crippen LogP contribution is -2.10. The zero-order chi connectivity index (χ0) is 26.2. The van der Waals surface area contributed by atoms with Gasteiger partial charge < -0.3 is 10.1 Å². The SMILES string of the molecule is CCCCCCCCCCCCCCCCCCCCCC(=O)Nc1ccc(Oc2ccccc2)cc1. The molecule has 2 aromatic carbocycles. The molecule has 2 aromatic rings. The third kappa shape index (κ3) is 17.0. The fourth-order valence-corrected chi connectivity index (χ4v) is 4.82. The molecule has 0 radical (unpaired) electrons. The van der Waals surface area contributed by atoms with E-state index in [1.807, 2.05) is 54.6 Å². The molecule has 0 aliphatic carbocycles. The Labute approximate surface area is 227 Å². The van der Waals surface area contributed by atoms with Gasteiger partial charge in [0.25, 0.3) is 0 Å². The summed E-state index contributed by atoms with van der Waals surface area (Å²) in [5.74, 6) is 1.68. The minimum Gasteiger partial charge on any atom is -0.457 e. The quantitative estimate of drug-likeness (QED) is 0.152. The fourth-order valence-electron chi connectivity index (χ4n) is 4.82. The van der Waals surface area contributed by atoms with Crippen molar-refractivity contribution in [2.75, 3.05) is 5.32 Å². The van der Waals surface area contributed by atoms with E-state index in [2.05, 4.69) is 12.2 Å². The maximum atomic E-state index is 12.2. The number of para-hydroxylation sites is 1. The lowest BCUT2D eigenvalue weighted by atomic mass is 10.0. The second-order valence-electron chi connectivity index (χ2n) is 10.6. The van der Waals surface area contributed by atoms with Crippen LogP contribution in [0.1, 0.15) is 135 Å². The van der Waals surface area contributed by atoms with Crippen molar-refractivity contribution >= 4 is 11.6 Å². The third-order valence-corrected chi connectivity index (χ3v) is 7.12. The Morgan fingerprint density at radius 3 is 1.41 bits per heavy atom. The van der Waals surface area contributed by atoms with Crippen molar-refractivity contribution < 1.29 is 9.53 Å². The van der Waals surface area contributed by atoms with Gasteiger partial charge in [-0.1, -0.05) is 141 Å². The topological polar surface area (TPSA) is 38.3 Å². The lowest BCUT2D eigenvalue weighted by Gasteiger charge is -2.08.